The van der Waals surface area contributed by atoms with Gasteiger partial charge in [-0.3, -0.25) is 9.59 Å². The number of halogens is 1. The zero-order valence-corrected chi connectivity index (χ0v) is 16.0. The Labute approximate surface area is 171 Å². The average molecular weight is 407 g/mol. The molecular formula is C23H18FNO5. The standard InChI is InChI=1S/C23H18FNO5/c1-29-15-10-8-14(9-11-15)21(26)19-20(17-6-2-3-7-18(17)24)25(23(28)22(19)27)13-16-5-4-12-30-16/h2-12,20,26H,13H2,1H3/b21-19+/t20-/m0/s1. The van der Waals surface area contributed by atoms with Crippen LogP contribution in [0.5, 0.6) is 5.75 Å². The lowest BCUT2D eigenvalue weighted by Gasteiger charge is -2.24. The number of rotatable bonds is 5. The smallest absolute Gasteiger partial charge is 0.296 e. The second-order valence-corrected chi connectivity index (χ2v) is 6.76. The van der Waals surface area contributed by atoms with Gasteiger partial charge in [-0.05, 0) is 42.5 Å². The molecule has 1 amide bonds. The molecule has 1 fully saturated rings. The van der Waals surface area contributed by atoms with E-state index in [-0.39, 0.29) is 23.4 Å². The lowest BCUT2D eigenvalue weighted by atomic mass is 9.95. The minimum atomic E-state index is -1.10. The number of likely N-dealkylation sites (tertiary alicyclic amines) is 1. The van der Waals surface area contributed by atoms with Gasteiger partial charge in [0.1, 0.15) is 23.1 Å². The van der Waals surface area contributed by atoms with E-state index in [0.717, 1.165) is 0 Å². The highest BCUT2D eigenvalue weighted by Gasteiger charge is 2.47. The van der Waals surface area contributed by atoms with Crippen molar-refractivity contribution < 1.29 is 28.2 Å². The first-order valence-electron chi connectivity index (χ1n) is 9.21. The number of carbonyl (C=O) groups excluding carboxylic acids is 2. The van der Waals surface area contributed by atoms with Crippen molar-refractivity contribution in [2.45, 2.75) is 12.6 Å². The van der Waals surface area contributed by atoms with Gasteiger partial charge in [0.05, 0.1) is 31.5 Å². The molecule has 1 aliphatic rings. The summed E-state index contributed by atoms with van der Waals surface area (Å²) in [6, 6.07) is 14.4. The summed E-state index contributed by atoms with van der Waals surface area (Å²) in [6.45, 7) is -0.0457. The summed E-state index contributed by atoms with van der Waals surface area (Å²) in [4.78, 5) is 26.9. The Bertz CT molecular complexity index is 1120. The van der Waals surface area contributed by atoms with Crippen LogP contribution in [0.15, 0.2) is 76.9 Å². The second-order valence-electron chi connectivity index (χ2n) is 6.76. The molecule has 0 aliphatic carbocycles. The SMILES string of the molecule is COc1ccc(/C(O)=C2\C(=O)C(=O)N(Cc3ccco3)[C@H]2c2ccccc2F)cc1. The summed E-state index contributed by atoms with van der Waals surface area (Å²) >= 11 is 0. The molecule has 1 N–H and O–H groups in total. The number of benzene rings is 2. The van der Waals surface area contributed by atoms with Gasteiger partial charge >= 0.3 is 0 Å². The lowest BCUT2D eigenvalue weighted by Crippen LogP contribution is -2.29. The topological polar surface area (TPSA) is 80.0 Å². The molecule has 7 heteroatoms. The van der Waals surface area contributed by atoms with Gasteiger partial charge in [-0.1, -0.05) is 18.2 Å². The molecule has 0 radical (unpaired) electrons. The molecule has 1 aliphatic heterocycles. The minimum Gasteiger partial charge on any atom is -0.507 e. The van der Waals surface area contributed by atoms with E-state index in [0.29, 0.717) is 17.1 Å². The van der Waals surface area contributed by atoms with E-state index in [1.165, 1.54) is 36.5 Å². The van der Waals surface area contributed by atoms with E-state index >= 15 is 0 Å². The predicted molar refractivity (Wildman–Crippen MR) is 106 cm³/mol. The van der Waals surface area contributed by atoms with Crippen LogP contribution >= 0.6 is 0 Å². The zero-order valence-electron chi connectivity index (χ0n) is 16.0. The van der Waals surface area contributed by atoms with Gasteiger partial charge < -0.3 is 19.2 Å². The van der Waals surface area contributed by atoms with Crippen LogP contribution < -0.4 is 4.74 Å². The molecule has 2 aromatic carbocycles. The normalized spacial score (nSPS) is 18.1. The van der Waals surface area contributed by atoms with E-state index in [1.54, 1.807) is 42.5 Å². The molecule has 0 spiro atoms. The molecule has 2 heterocycles. The first kappa shape index (κ1) is 19.4. The van der Waals surface area contributed by atoms with E-state index in [1.807, 2.05) is 0 Å². The van der Waals surface area contributed by atoms with Crippen molar-refractivity contribution in [1.82, 2.24) is 4.90 Å². The number of hydrogen-bond acceptors (Lipinski definition) is 5. The monoisotopic (exact) mass is 407 g/mol. The first-order chi connectivity index (χ1) is 14.5. The Kier molecular flexibility index (Phi) is 5.10. The minimum absolute atomic E-state index is 0.0457. The van der Waals surface area contributed by atoms with Crippen molar-refractivity contribution in [3.05, 3.63) is 95.2 Å². The Morgan fingerprint density at radius 3 is 2.47 bits per heavy atom. The molecule has 0 bridgehead atoms. The number of furan rings is 1. The third-order valence-corrected chi connectivity index (χ3v) is 5.01. The third-order valence-electron chi connectivity index (χ3n) is 5.01. The zero-order chi connectivity index (χ0) is 21.3. The Hall–Kier alpha value is -3.87. The van der Waals surface area contributed by atoms with Crippen molar-refractivity contribution in [1.29, 1.82) is 0 Å². The summed E-state index contributed by atoms with van der Waals surface area (Å²) in [7, 11) is 1.51. The van der Waals surface area contributed by atoms with Gasteiger partial charge in [-0.25, -0.2) is 4.39 Å². The summed E-state index contributed by atoms with van der Waals surface area (Å²) in [6.07, 6.45) is 1.45. The highest BCUT2D eigenvalue weighted by atomic mass is 19.1. The van der Waals surface area contributed by atoms with Crippen LogP contribution in [0.2, 0.25) is 0 Å². The predicted octanol–water partition coefficient (Wildman–Crippen LogP) is 4.05. The summed E-state index contributed by atoms with van der Waals surface area (Å²) in [5.74, 6) is -1.70. The third kappa shape index (κ3) is 3.34. The van der Waals surface area contributed by atoms with Crippen molar-refractivity contribution >= 4 is 17.4 Å². The molecule has 0 saturated carbocycles. The van der Waals surface area contributed by atoms with Gasteiger partial charge in [-0.2, -0.15) is 0 Å². The van der Waals surface area contributed by atoms with Crippen LogP contribution in [-0.2, 0) is 16.1 Å². The van der Waals surface area contributed by atoms with Crippen LogP contribution in [0.1, 0.15) is 22.9 Å². The fourth-order valence-corrected chi connectivity index (χ4v) is 3.54. The summed E-state index contributed by atoms with van der Waals surface area (Å²) in [5, 5.41) is 10.9. The largest absolute Gasteiger partial charge is 0.507 e. The maximum atomic E-state index is 14.7. The number of nitrogens with zero attached hydrogens (tertiary/aromatic N) is 1. The fourth-order valence-electron chi connectivity index (χ4n) is 3.54. The Morgan fingerprint density at radius 1 is 1.10 bits per heavy atom. The first-order valence-corrected chi connectivity index (χ1v) is 9.21. The Morgan fingerprint density at radius 2 is 1.83 bits per heavy atom. The number of carbonyl (C=O) groups is 2. The number of aliphatic hydroxyl groups is 1. The number of hydrogen-bond donors (Lipinski definition) is 1. The summed E-state index contributed by atoms with van der Waals surface area (Å²) < 4.78 is 25.1. The molecular weight excluding hydrogens is 389 g/mol. The maximum Gasteiger partial charge on any atom is 0.296 e. The Balaban J connectivity index is 1.87. The van der Waals surface area contributed by atoms with Crippen molar-refractivity contribution in [2.24, 2.45) is 0 Å². The highest BCUT2D eigenvalue weighted by Crippen LogP contribution is 2.41. The lowest BCUT2D eigenvalue weighted by molar-refractivity contribution is -0.140. The van der Waals surface area contributed by atoms with Crippen LogP contribution in [0.3, 0.4) is 0 Å². The number of ketones is 1. The number of amides is 1. The molecule has 1 atom stereocenters. The van der Waals surface area contributed by atoms with E-state index in [4.69, 9.17) is 9.15 Å². The van der Waals surface area contributed by atoms with Crippen LogP contribution in [0.25, 0.3) is 5.76 Å². The van der Waals surface area contributed by atoms with Gasteiger partial charge in [0.25, 0.3) is 11.7 Å². The highest BCUT2D eigenvalue weighted by molar-refractivity contribution is 6.46. The van der Waals surface area contributed by atoms with Crippen LogP contribution in [-0.4, -0.2) is 28.8 Å². The van der Waals surface area contributed by atoms with E-state index < -0.39 is 23.5 Å². The number of aliphatic hydroxyl groups excluding tert-OH is 1. The molecule has 0 unspecified atom stereocenters. The average Bonchev–Trinajstić information content (AvgIpc) is 3.36. The van der Waals surface area contributed by atoms with Crippen molar-refractivity contribution in [2.75, 3.05) is 7.11 Å². The fraction of sp³-hybridized carbons (Fsp3) is 0.130. The molecule has 6 nitrogen and oxygen atoms in total. The molecule has 152 valence electrons. The van der Waals surface area contributed by atoms with Crippen molar-refractivity contribution in [3.8, 4) is 5.75 Å². The number of methoxy groups -OCH3 is 1. The molecule has 1 saturated heterocycles. The van der Waals surface area contributed by atoms with E-state index in [9.17, 15) is 19.1 Å². The maximum absolute atomic E-state index is 14.7. The molecule has 1 aromatic heterocycles. The molecule has 30 heavy (non-hydrogen) atoms. The van der Waals surface area contributed by atoms with E-state index in [2.05, 4.69) is 0 Å². The summed E-state index contributed by atoms with van der Waals surface area (Å²) in [5.41, 5.74) is 0.244. The van der Waals surface area contributed by atoms with Gasteiger partial charge in [0, 0.05) is 11.1 Å². The van der Waals surface area contributed by atoms with Crippen LogP contribution in [0.4, 0.5) is 4.39 Å². The number of ether oxygens (including phenoxy) is 1. The van der Waals surface area contributed by atoms with Crippen molar-refractivity contribution in [3.63, 3.8) is 0 Å². The van der Waals surface area contributed by atoms with Gasteiger partial charge in [0.2, 0.25) is 0 Å². The van der Waals surface area contributed by atoms with Gasteiger partial charge in [-0.15, -0.1) is 0 Å². The van der Waals surface area contributed by atoms with Gasteiger partial charge in [0.15, 0.2) is 0 Å². The second kappa shape index (κ2) is 7.87. The quantitative estimate of drug-likeness (QED) is 0.392. The van der Waals surface area contributed by atoms with Crippen LogP contribution in [0, 0.1) is 5.82 Å². The molecule has 3 aromatic rings. The number of Topliss-reactive ketones (excluding diaryl/α,β-unsaturated/α-hetero) is 1. The molecule has 4 rings (SSSR count).